The third kappa shape index (κ3) is 4.30. The highest BCUT2D eigenvalue weighted by Crippen LogP contribution is 2.40. The summed E-state index contributed by atoms with van der Waals surface area (Å²) in [6.45, 7) is 4.36. The molecule has 5 rings (SSSR count). The normalized spacial score (nSPS) is 15.8. The second kappa shape index (κ2) is 9.45. The molecule has 1 fully saturated rings. The molecule has 0 aliphatic carbocycles. The lowest BCUT2D eigenvalue weighted by Crippen LogP contribution is -2.36. The van der Waals surface area contributed by atoms with Gasteiger partial charge in [0.2, 0.25) is 0 Å². The quantitative estimate of drug-likeness (QED) is 0.558. The highest BCUT2D eigenvalue weighted by Gasteiger charge is 2.27. The van der Waals surface area contributed by atoms with E-state index in [4.69, 9.17) is 14.2 Å². The maximum Gasteiger partial charge on any atom is 0.264 e. The summed E-state index contributed by atoms with van der Waals surface area (Å²) in [6.07, 6.45) is 0.800. The second-order valence-electron chi connectivity index (χ2n) is 8.25. The molecule has 2 aliphatic rings. The Morgan fingerprint density at radius 3 is 2.33 bits per heavy atom. The number of carbonyl (C=O) groups is 1. The van der Waals surface area contributed by atoms with Gasteiger partial charge in [-0.05, 0) is 41.3 Å². The van der Waals surface area contributed by atoms with Gasteiger partial charge in [0.15, 0.2) is 11.5 Å². The van der Waals surface area contributed by atoms with Gasteiger partial charge in [-0.25, -0.2) is 0 Å². The number of hydrogen-bond acceptors (Lipinski definition) is 6. The lowest BCUT2D eigenvalue weighted by molar-refractivity contribution is 0.0739. The van der Waals surface area contributed by atoms with E-state index in [1.54, 1.807) is 25.6 Å². The zero-order valence-corrected chi connectivity index (χ0v) is 19.8. The summed E-state index contributed by atoms with van der Waals surface area (Å²) >= 11 is 1.59. The molecule has 0 bridgehead atoms. The van der Waals surface area contributed by atoms with Crippen molar-refractivity contribution in [3.05, 3.63) is 64.5 Å². The van der Waals surface area contributed by atoms with Gasteiger partial charge in [-0.3, -0.25) is 4.79 Å². The number of morpholine rings is 1. The fourth-order valence-electron chi connectivity index (χ4n) is 4.53. The van der Waals surface area contributed by atoms with E-state index in [0.717, 1.165) is 51.8 Å². The minimum absolute atomic E-state index is 0.0807. The Labute approximate surface area is 198 Å². The fourth-order valence-corrected chi connectivity index (χ4v) is 5.72. The number of amides is 1. The average molecular weight is 465 g/mol. The van der Waals surface area contributed by atoms with E-state index < -0.39 is 0 Å². The van der Waals surface area contributed by atoms with Crippen LogP contribution in [0.3, 0.4) is 0 Å². The molecule has 0 N–H and O–H groups in total. The van der Waals surface area contributed by atoms with Crippen LogP contribution in [0, 0.1) is 0 Å². The smallest absolute Gasteiger partial charge is 0.264 e. The monoisotopic (exact) mass is 464 g/mol. The van der Waals surface area contributed by atoms with Crippen LogP contribution in [0.1, 0.15) is 20.8 Å². The molecule has 3 aromatic rings. The topological polar surface area (TPSA) is 51.2 Å². The number of hydrogen-bond donors (Lipinski definition) is 0. The Hall–Kier alpha value is -3.03. The van der Waals surface area contributed by atoms with Gasteiger partial charge in [0.1, 0.15) is 0 Å². The van der Waals surface area contributed by atoms with Crippen molar-refractivity contribution in [2.75, 3.05) is 52.0 Å². The first-order valence-electron chi connectivity index (χ1n) is 11.2. The molecule has 0 atom stereocenters. The van der Waals surface area contributed by atoms with E-state index >= 15 is 0 Å². The lowest BCUT2D eigenvalue weighted by atomic mass is 9.98. The summed E-state index contributed by atoms with van der Waals surface area (Å²) in [6, 6.07) is 16.4. The third-order valence-corrected chi connectivity index (χ3v) is 7.50. The first kappa shape index (κ1) is 21.8. The second-order valence-corrected chi connectivity index (χ2v) is 9.28. The third-order valence-electron chi connectivity index (χ3n) is 6.31. The molecule has 1 amide bonds. The molecule has 7 heteroatoms. The molecular formula is C26H28N2O4S. The number of thiophene rings is 1. The van der Waals surface area contributed by atoms with Crippen molar-refractivity contribution in [3.8, 4) is 22.6 Å². The van der Waals surface area contributed by atoms with Crippen molar-refractivity contribution in [2.45, 2.75) is 13.0 Å². The van der Waals surface area contributed by atoms with Gasteiger partial charge in [-0.2, -0.15) is 0 Å². The Bertz CT molecular complexity index is 1140. The molecule has 6 nitrogen and oxygen atoms in total. The Kier molecular flexibility index (Phi) is 6.24. The first-order chi connectivity index (χ1) is 16.2. The van der Waals surface area contributed by atoms with Gasteiger partial charge in [0.25, 0.3) is 5.91 Å². The van der Waals surface area contributed by atoms with Crippen LogP contribution >= 0.6 is 11.3 Å². The van der Waals surface area contributed by atoms with Gasteiger partial charge in [0, 0.05) is 31.7 Å². The van der Waals surface area contributed by atoms with Crippen molar-refractivity contribution in [3.63, 3.8) is 0 Å². The van der Waals surface area contributed by atoms with Crippen molar-refractivity contribution in [1.82, 2.24) is 4.90 Å². The van der Waals surface area contributed by atoms with E-state index in [1.165, 1.54) is 5.56 Å². The highest BCUT2D eigenvalue weighted by atomic mass is 32.1. The number of fused-ring (bicyclic) bond motifs is 1. The van der Waals surface area contributed by atoms with Gasteiger partial charge in [0.05, 0.1) is 37.3 Å². The molecule has 33 heavy (non-hydrogen) atoms. The summed E-state index contributed by atoms with van der Waals surface area (Å²) in [5, 5.41) is 1.15. The van der Waals surface area contributed by atoms with E-state index in [1.807, 2.05) is 35.2 Å². The average Bonchev–Trinajstić information content (AvgIpc) is 3.33. The number of ether oxygens (including phenoxy) is 3. The van der Waals surface area contributed by atoms with Crippen LogP contribution in [-0.4, -0.2) is 57.9 Å². The Morgan fingerprint density at radius 1 is 0.939 bits per heavy atom. The fraction of sp³-hybridized carbons (Fsp3) is 0.346. The SMILES string of the molecule is COc1cc2c(cc1OC)CN(C(=O)c1cc(-c3ccccc3)c(N3CCOCC3)s1)CC2. The number of benzene rings is 2. The van der Waals surface area contributed by atoms with Gasteiger partial charge >= 0.3 is 0 Å². The predicted molar refractivity (Wildman–Crippen MR) is 131 cm³/mol. The summed E-state index contributed by atoms with van der Waals surface area (Å²) < 4.78 is 16.5. The Balaban J connectivity index is 1.45. The largest absolute Gasteiger partial charge is 0.493 e. The number of carbonyl (C=O) groups excluding carboxylic acids is 1. The lowest BCUT2D eigenvalue weighted by Gasteiger charge is -2.29. The zero-order valence-electron chi connectivity index (χ0n) is 19.0. The number of methoxy groups -OCH3 is 2. The molecule has 0 unspecified atom stereocenters. The maximum absolute atomic E-state index is 13.6. The standard InChI is InChI=1S/C26H28N2O4S/c1-30-22-14-19-8-9-28(17-20(19)15-23(22)31-2)25(29)24-16-21(18-6-4-3-5-7-18)26(33-24)27-10-12-32-13-11-27/h3-7,14-16H,8-13,17H2,1-2H3. The molecule has 2 aliphatic heterocycles. The molecule has 1 aromatic heterocycles. The van der Waals surface area contributed by atoms with E-state index in [0.29, 0.717) is 32.1 Å². The summed E-state index contributed by atoms with van der Waals surface area (Å²) in [5.74, 6) is 1.51. The number of anilines is 1. The van der Waals surface area contributed by atoms with Crippen molar-refractivity contribution >= 4 is 22.2 Å². The van der Waals surface area contributed by atoms with Gasteiger partial charge in [-0.15, -0.1) is 11.3 Å². The highest BCUT2D eigenvalue weighted by molar-refractivity contribution is 7.18. The summed E-state index contributed by atoms with van der Waals surface area (Å²) in [7, 11) is 3.29. The number of rotatable bonds is 5. The van der Waals surface area contributed by atoms with Gasteiger partial charge < -0.3 is 24.0 Å². The molecule has 172 valence electrons. The predicted octanol–water partition coefficient (Wildman–Crippen LogP) is 4.47. The molecule has 2 aromatic carbocycles. The minimum atomic E-state index is 0.0807. The van der Waals surface area contributed by atoms with Crippen LogP contribution in [0.5, 0.6) is 11.5 Å². The van der Waals surface area contributed by atoms with Crippen molar-refractivity contribution in [2.24, 2.45) is 0 Å². The van der Waals surface area contributed by atoms with Crippen molar-refractivity contribution in [1.29, 1.82) is 0 Å². The van der Waals surface area contributed by atoms with E-state index in [9.17, 15) is 4.79 Å². The van der Waals surface area contributed by atoms with Crippen LogP contribution in [0.2, 0.25) is 0 Å². The van der Waals surface area contributed by atoms with Crippen LogP contribution in [0.25, 0.3) is 11.1 Å². The molecule has 1 saturated heterocycles. The first-order valence-corrected chi connectivity index (χ1v) is 12.0. The van der Waals surface area contributed by atoms with Crippen molar-refractivity contribution < 1.29 is 19.0 Å². The molecule has 0 radical (unpaired) electrons. The van der Waals surface area contributed by atoms with Crippen LogP contribution < -0.4 is 14.4 Å². The minimum Gasteiger partial charge on any atom is -0.493 e. The Morgan fingerprint density at radius 2 is 1.64 bits per heavy atom. The molecular weight excluding hydrogens is 436 g/mol. The maximum atomic E-state index is 13.6. The zero-order chi connectivity index (χ0) is 22.8. The van der Waals surface area contributed by atoms with Crippen LogP contribution in [-0.2, 0) is 17.7 Å². The number of nitrogens with zero attached hydrogens (tertiary/aromatic N) is 2. The van der Waals surface area contributed by atoms with Crippen LogP contribution in [0.15, 0.2) is 48.5 Å². The van der Waals surface area contributed by atoms with E-state index in [-0.39, 0.29) is 5.91 Å². The van der Waals surface area contributed by atoms with E-state index in [2.05, 4.69) is 23.1 Å². The van der Waals surface area contributed by atoms with Gasteiger partial charge in [-0.1, -0.05) is 30.3 Å². The van der Waals surface area contributed by atoms with Crippen LogP contribution in [0.4, 0.5) is 5.00 Å². The molecule has 3 heterocycles. The molecule has 0 spiro atoms. The summed E-state index contributed by atoms with van der Waals surface area (Å²) in [4.78, 5) is 18.7. The summed E-state index contributed by atoms with van der Waals surface area (Å²) in [5.41, 5.74) is 4.58. The molecule has 0 saturated carbocycles.